The Balaban J connectivity index is 2.15. The van der Waals surface area contributed by atoms with Crippen molar-refractivity contribution < 1.29 is 8.78 Å². The van der Waals surface area contributed by atoms with Crippen molar-refractivity contribution in [1.82, 2.24) is 0 Å². The third kappa shape index (κ3) is 3.17. The van der Waals surface area contributed by atoms with Crippen LogP contribution in [0, 0.1) is 17.6 Å². The molecule has 0 saturated heterocycles. The van der Waals surface area contributed by atoms with Crippen molar-refractivity contribution in [2.75, 3.05) is 0 Å². The van der Waals surface area contributed by atoms with E-state index in [0.29, 0.717) is 23.5 Å². The van der Waals surface area contributed by atoms with E-state index in [9.17, 15) is 8.78 Å². The van der Waals surface area contributed by atoms with Gasteiger partial charge in [-0.1, -0.05) is 31.2 Å². The van der Waals surface area contributed by atoms with Crippen molar-refractivity contribution in [3.63, 3.8) is 0 Å². The van der Waals surface area contributed by atoms with E-state index in [1.807, 2.05) is 13.0 Å². The molecular formula is C18H22F2. The molecule has 0 heterocycles. The van der Waals surface area contributed by atoms with E-state index in [0.717, 1.165) is 37.7 Å². The number of allylic oxidation sites excluding steroid dienone is 3. The van der Waals surface area contributed by atoms with Crippen molar-refractivity contribution in [2.45, 2.75) is 45.4 Å². The smallest absolute Gasteiger partial charge is 0.166 e. The van der Waals surface area contributed by atoms with Crippen LogP contribution >= 0.6 is 0 Å². The summed E-state index contributed by atoms with van der Waals surface area (Å²) in [4.78, 5) is 0. The van der Waals surface area contributed by atoms with Crippen molar-refractivity contribution in [3.05, 3.63) is 53.6 Å². The quantitative estimate of drug-likeness (QED) is 0.607. The minimum absolute atomic E-state index is 0.446. The molecule has 1 atom stereocenters. The van der Waals surface area contributed by atoms with Crippen LogP contribution in [0.2, 0.25) is 0 Å². The summed E-state index contributed by atoms with van der Waals surface area (Å²) in [5, 5.41) is 0. The lowest BCUT2D eigenvalue weighted by Crippen LogP contribution is -2.07. The fraction of sp³-hybridized carbons (Fsp3) is 0.444. The van der Waals surface area contributed by atoms with Crippen LogP contribution in [0.15, 0.2) is 30.9 Å². The number of hydrogen-bond acceptors (Lipinski definition) is 0. The average molecular weight is 276 g/mol. The first kappa shape index (κ1) is 15.0. The molecule has 0 radical (unpaired) electrons. The van der Waals surface area contributed by atoms with Crippen LogP contribution < -0.4 is 0 Å². The molecule has 0 nitrogen and oxygen atoms in total. The van der Waals surface area contributed by atoms with Gasteiger partial charge < -0.3 is 0 Å². The molecule has 2 heteroatoms. The van der Waals surface area contributed by atoms with Crippen molar-refractivity contribution >= 4 is 5.57 Å². The first-order valence-corrected chi connectivity index (χ1v) is 7.44. The number of aryl methyl sites for hydroxylation is 1. The van der Waals surface area contributed by atoms with Gasteiger partial charge in [0, 0.05) is 5.56 Å². The Morgan fingerprint density at radius 1 is 1.30 bits per heavy atom. The van der Waals surface area contributed by atoms with E-state index in [2.05, 4.69) is 12.7 Å². The SMILES string of the molecule is C=CCCC1CC=C(c2ccc(CC)c(F)c2F)CC1. The monoisotopic (exact) mass is 276 g/mol. The molecule has 0 fully saturated rings. The minimum Gasteiger partial charge on any atom is -0.203 e. The van der Waals surface area contributed by atoms with Gasteiger partial charge in [0.1, 0.15) is 0 Å². The fourth-order valence-corrected chi connectivity index (χ4v) is 2.86. The molecule has 108 valence electrons. The van der Waals surface area contributed by atoms with Gasteiger partial charge in [-0.05, 0) is 55.6 Å². The standard InChI is InChI=1S/C18H22F2/c1-3-5-6-13-7-9-15(10-8-13)16-12-11-14(4-2)17(19)18(16)20/h3,9,11-13H,1,4-8,10H2,2H3. The van der Waals surface area contributed by atoms with E-state index in [1.54, 1.807) is 12.1 Å². The van der Waals surface area contributed by atoms with Crippen molar-refractivity contribution in [2.24, 2.45) is 5.92 Å². The Morgan fingerprint density at radius 3 is 2.70 bits per heavy atom. The summed E-state index contributed by atoms with van der Waals surface area (Å²) < 4.78 is 28.0. The molecule has 1 aromatic carbocycles. The van der Waals surface area contributed by atoms with E-state index in [1.165, 1.54) is 0 Å². The summed E-state index contributed by atoms with van der Waals surface area (Å²) >= 11 is 0. The molecule has 0 amide bonds. The largest absolute Gasteiger partial charge is 0.203 e. The van der Waals surface area contributed by atoms with Crippen LogP contribution in [0.5, 0.6) is 0 Å². The highest BCUT2D eigenvalue weighted by Crippen LogP contribution is 2.34. The number of hydrogen-bond donors (Lipinski definition) is 0. The van der Waals surface area contributed by atoms with E-state index >= 15 is 0 Å². The number of benzene rings is 1. The zero-order chi connectivity index (χ0) is 14.5. The summed E-state index contributed by atoms with van der Waals surface area (Å²) in [7, 11) is 0. The van der Waals surface area contributed by atoms with Crippen LogP contribution in [0.4, 0.5) is 8.78 Å². The maximum atomic E-state index is 14.1. The maximum absolute atomic E-state index is 14.1. The lowest BCUT2D eigenvalue weighted by molar-refractivity contribution is 0.452. The Bertz CT molecular complexity index is 514. The first-order chi connectivity index (χ1) is 9.67. The van der Waals surface area contributed by atoms with E-state index in [-0.39, 0.29) is 0 Å². The Labute approximate surface area is 120 Å². The van der Waals surface area contributed by atoms with Gasteiger partial charge >= 0.3 is 0 Å². The first-order valence-electron chi connectivity index (χ1n) is 7.44. The zero-order valence-corrected chi connectivity index (χ0v) is 12.1. The molecule has 1 aromatic rings. The van der Waals surface area contributed by atoms with Crippen LogP contribution in [-0.4, -0.2) is 0 Å². The highest BCUT2D eigenvalue weighted by molar-refractivity contribution is 5.67. The third-order valence-electron chi connectivity index (χ3n) is 4.19. The lowest BCUT2D eigenvalue weighted by Gasteiger charge is -2.22. The third-order valence-corrected chi connectivity index (χ3v) is 4.19. The summed E-state index contributed by atoms with van der Waals surface area (Å²) in [6.07, 6.45) is 9.56. The van der Waals surface area contributed by atoms with Gasteiger partial charge in [-0.25, -0.2) is 8.78 Å². The lowest BCUT2D eigenvalue weighted by atomic mass is 9.84. The van der Waals surface area contributed by atoms with E-state index in [4.69, 9.17) is 0 Å². The fourth-order valence-electron chi connectivity index (χ4n) is 2.86. The van der Waals surface area contributed by atoms with Crippen LogP contribution in [-0.2, 0) is 6.42 Å². The van der Waals surface area contributed by atoms with Crippen LogP contribution in [0.25, 0.3) is 5.57 Å². The number of rotatable bonds is 5. The molecule has 20 heavy (non-hydrogen) atoms. The molecule has 0 aromatic heterocycles. The second-order valence-electron chi connectivity index (χ2n) is 5.49. The van der Waals surface area contributed by atoms with Gasteiger partial charge in [-0.15, -0.1) is 6.58 Å². The maximum Gasteiger partial charge on any atom is 0.166 e. The van der Waals surface area contributed by atoms with Gasteiger partial charge in [0.05, 0.1) is 0 Å². The predicted octanol–water partition coefficient (Wildman–Crippen LogP) is 5.68. The second-order valence-corrected chi connectivity index (χ2v) is 5.49. The summed E-state index contributed by atoms with van der Waals surface area (Å²) in [5.41, 5.74) is 1.85. The summed E-state index contributed by atoms with van der Waals surface area (Å²) in [5.74, 6) is -0.709. The van der Waals surface area contributed by atoms with Gasteiger partial charge in [0.15, 0.2) is 11.6 Å². The molecule has 1 unspecified atom stereocenters. The molecule has 2 rings (SSSR count). The zero-order valence-electron chi connectivity index (χ0n) is 12.1. The Morgan fingerprint density at radius 2 is 2.10 bits per heavy atom. The minimum atomic E-state index is -0.681. The normalized spacial score (nSPS) is 18.8. The van der Waals surface area contributed by atoms with Crippen molar-refractivity contribution in [1.29, 1.82) is 0 Å². The highest BCUT2D eigenvalue weighted by Gasteiger charge is 2.19. The predicted molar refractivity (Wildman–Crippen MR) is 80.5 cm³/mol. The van der Waals surface area contributed by atoms with Gasteiger partial charge in [-0.3, -0.25) is 0 Å². The van der Waals surface area contributed by atoms with Gasteiger partial charge in [0.2, 0.25) is 0 Å². The van der Waals surface area contributed by atoms with Crippen LogP contribution in [0.3, 0.4) is 0 Å². The average Bonchev–Trinajstić information content (AvgIpc) is 2.48. The molecule has 0 N–H and O–H groups in total. The van der Waals surface area contributed by atoms with Crippen molar-refractivity contribution in [3.8, 4) is 0 Å². The molecular weight excluding hydrogens is 254 g/mol. The molecule has 0 saturated carbocycles. The molecule has 1 aliphatic carbocycles. The molecule has 0 spiro atoms. The molecule has 1 aliphatic rings. The van der Waals surface area contributed by atoms with Gasteiger partial charge in [-0.2, -0.15) is 0 Å². The Kier molecular flexibility index (Phi) is 5.11. The van der Waals surface area contributed by atoms with Gasteiger partial charge in [0.25, 0.3) is 0 Å². The number of halogens is 2. The summed E-state index contributed by atoms with van der Waals surface area (Å²) in [6.45, 7) is 5.57. The highest BCUT2D eigenvalue weighted by atomic mass is 19.2. The van der Waals surface area contributed by atoms with E-state index < -0.39 is 11.6 Å². The Hall–Kier alpha value is -1.44. The molecule has 0 aliphatic heterocycles. The second kappa shape index (κ2) is 6.83. The topological polar surface area (TPSA) is 0 Å². The van der Waals surface area contributed by atoms with Crippen LogP contribution in [0.1, 0.15) is 50.2 Å². The molecule has 0 bridgehead atoms. The summed E-state index contributed by atoms with van der Waals surface area (Å²) in [6, 6.07) is 3.44.